The quantitative estimate of drug-likeness (QED) is 0.826. The standard InChI is InChI=1S/C12H13NO3/c14-11-4-2-1-3-9(11)10-6-5-8(7-13-10)12(15)16/h5-7,9H,1-4H2,(H,15,16). The second-order valence-corrected chi connectivity index (χ2v) is 4.04. The number of pyridine rings is 1. The Kier molecular flexibility index (Phi) is 2.99. The number of hydrogen-bond acceptors (Lipinski definition) is 3. The number of aromatic nitrogens is 1. The first-order valence-corrected chi connectivity index (χ1v) is 5.40. The van der Waals surface area contributed by atoms with E-state index in [-0.39, 0.29) is 17.3 Å². The summed E-state index contributed by atoms with van der Waals surface area (Å²) in [6.07, 6.45) is 4.77. The lowest BCUT2D eigenvalue weighted by Crippen LogP contribution is -2.18. The molecule has 1 aliphatic carbocycles. The summed E-state index contributed by atoms with van der Waals surface area (Å²) in [5.74, 6) is -0.896. The highest BCUT2D eigenvalue weighted by molar-refractivity contribution is 5.88. The highest BCUT2D eigenvalue weighted by Gasteiger charge is 2.24. The molecule has 4 nitrogen and oxygen atoms in total. The zero-order chi connectivity index (χ0) is 11.5. The third-order valence-electron chi connectivity index (χ3n) is 2.94. The number of nitrogens with zero attached hydrogens (tertiary/aromatic N) is 1. The molecular weight excluding hydrogens is 206 g/mol. The summed E-state index contributed by atoms with van der Waals surface area (Å²) in [5, 5.41) is 8.73. The molecule has 1 fully saturated rings. The van der Waals surface area contributed by atoms with Gasteiger partial charge in [0, 0.05) is 12.6 Å². The lowest BCUT2D eigenvalue weighted by molar-refractivity contribution is -0.121. The molecule has 0 aromatic carbocycles. The van der Waals surface area contributed by atoms with E-state index in [1.165, 1.54) is 12.3 Å². The van der Waals surface area contributed by atoms with Gasteiger partial charge in [-0.05, 0) is 25.0 Å². The first-order chi connectivity index (χ1) is 7.68. The Morgan fingerprint density at radius 1 is 1.38 bits per heavy atom. The lowest BCUT2D eigenvalue weighted by atomic mass is 9.85. The van der Waals surface area contributed by atoms with Crippen LogP contribution in [0.2, 0.25) is 0 Å². The molecule has 84 valence electrons. The highest BCUT2D eigenvalue weighted by atomic mass is 16.4. The van der Waals surface area contributed by atoms with E-state index >= 15 is 0 Å². The van der Waals surface area contributed by atoms with Gasteiger partial charge in [0.25, 0.3) is 0 Å². The molecule has 1 N–H and O–H groups in total. The van der Waals surface area contributed by atoms with Crippen molar-refractivity contribution in [1.29, 1.82) is 0 Å². The van der Waals surface area contributed by atoms with Crippen LogP contribution in [0.15, 0.2) is 18.3 Å². The molecule has 1 aromatic rings. The van der Waals surface area contributed by atoms with Gasteiger partial charge in [0.2, 0.25) is 0 Å². The second kappa shape index (κ2) is 4.43. The summed E-state index contributed by atoms with van der Waals surface area (Å²) >= 11 is 0. The molecule has 16 heavy (non-hydrogen) atoms. The largest absolute Gasteiger partial charge is 0.478 e. The average Bonchev–Trinajstić information content (AvgIpc) is 2.30. The minimum absolute atomic E-state index is 0.128. The van der Waals surface area contributed by atoms with Crippen molar-refractivity contribution in [3.63, 3.8) is 0 Å². The average molecular weight is 219 g/mol. The third-order valence-corrected chi connectivity index (χ3v) is 2.94. The van der Waals surface area contributed by atoms with E-state index < -0.39 is 5.97 Å². The zero-order valence-electron chi connectivity index (χ0n) is 8.85. The van der Waals surface area contributed by atoms with Crippen molar-refractivity contribution >= 4 is 11.8 Å². The summed E-state index contributed by atoms with van der Waals surface area (Å²) in [5.41, 5.74) is 0.863. The summed E-state index contributed by atoms with van der Waals surface area (Å²) in [7, 11) is 0. The van der Waals surface area contributed by atoms with Crippen LogP contribution in [0.3, 0.4) is 0 Å². The van der Waals surface area contributed by atoms with Gasteiger partial charge in [-0.2, -0.15) is 0 Å². The monoisotopic (exact) mass is 219 g/mol. The van der Waals surface area contributed by atoms with Crippen molar-refractivity contribution in [2.45, 2.75) is 31.6 Å². The number of Topliss-reactive ketones (excluding diaryl/α,β-unsaturated/α-hetero) is 1. The number of hydrogen-bond donors (Lipinski definition) is 1. The Bertz CT molecular complexity index is 411. The minimum Gasteiger partial charge on any atom is -0.478 e. The van der Waals surface area contributed by atoms with Gasteiger partial charge in [-0.15, -0.1) is 0 Å². The summed E-state index contributed by atoms with van der Waals surface area (Å²) in [6, 6.07) is 3.16. The molecule has 0 saturated heterocycles. The van der Waals surface area contributed by atoms with Crippen molar-refractivity contribution < 1.29 is 14.7 Å². The summed E-state index contributed by atoms with van der Waals surface area (Å²) in [4.78, 5) is 26.4. The molecule has 2 rings (SSSR count). The number of rotatable bonds is 2. The molecule has 1 atom stereocenters. The Morgan fingerprint density at radius 2 is 2.19 bits per heavy atom. The van der Waals surface area contributed by atoms with E-state index in [0.29, 0.717) is 12.1 Å². The zero-order valence-corrected chi connectivity index (χ0v) is 8.85. The van der Waals surface area contributed by atoms with Gasteiger partial charge in [0.05, 0.1) is 17.2 Å². The van der Waals surface area contributed by atoms with Gasteiger partial charge in [0.1, 0.15) is 5.78 Å². The smallest absolute Gasteiger partial charge is 0.337 e. The molecule has 1 aliphatic rings. The minimum atomic E-state index is -0.992. The topological polar surface area (TPSA) is 67.3 Å². The van der Waals surface area contributed by atoms with Crippen LogP contribution in [0.5, 0.6) is 0 Å². The molecule has 4 heteroatoms. The predicted octanol–water partition coefficient (Wildman–Crippen LogP) is 2.01. The van der Waals surface area contributed by atoms with Crippen LogP contribution in [0.1, 0.15) is 47.7 Å². The van der Waals surface area contributed by atoms with Crippen molar-refractivity contribution in [1.82, 2.24) is 4.98 Å². The lowest BCUT2D eigenvalue weighted by Gasteiger charge is -2.19. The maximum absolute atomic E-state index is 11.7. The van der Waals surface area contributed by atoms with Crippen molar-refractivity contribution in [2.75, 3.05) is 0 Å². The fourth-order valence-electron chi connectivity index (χ4n) is 2.03. The van der Waals surface area contributed by atoms with E-state index in [2.05, 4.69) is 4.98 Å². The number of aromatic carboxylic acids is 1. The highest BCUT2D eigenvalue weighted by Crippen LogP contribution is 2.28. The fraction of sp³-hybridized carbons (Fsp3) is 0.417. The Morgan fingerprint density at radius 3 is 2.75 bits per heavy atom. The van der Waals surface area contributed by atoms with E-state index in [1.807, 2.05) is 0 Å². The van der Waals surface area contributed by atoms with Gasteiger partial charge >= 0.3 is 5.97 Å². The molecule has 0 bridgehead atoms. The SMILES string of the molecule is O=C(O)c1ccc(C2CCCCC2=O)nc1. The van der Waals surface area contributed by atoms with Crippen molar-refractivity contribution in [3.05, 3.63) is 29.6 Å². The van der Waals surface area contributed by atoms with Gasteiger partial charge in [-0.3, -0.25) is 9.78 Å². The molecule has 0 aliphatic heterocycles. The second-order valence-electron chi connectivity index (χ2n) is 4.04. The van der Waals surface area contributed by atoms with E-state index in [0.717, 1.165) is 19.3 Å². The first-order valence-electron chi connectivity index (χ1n) is 5.40. The van der Waals surface area contributed by atoms with Crippen molar-refractivity contribution in [2.24, 2.45) is 0 Å². The number of ketones is 1. The van der Waals surface area contributed by atoms with Crippen LogP contribution in [0.4, 0.5) is 0 Å². The van der Waals surface area contributed by atoms with Crippen LogP contribution >= 0.6 is 0 Å². The molecular formula is C12H13NO3. The third kappa shape index (κ3) is 2.10. The van der Waals surface area contributed by atoms with Gasteiger partial charge in [-0.1, -0.05) is 6.42 Å². The van der Waals surface area contributed by atoms with Gasteiger partial charge in [-0.25, -0.2) is 4.79 Å². The number of carbonyl (C=O) groups is 2. The van der Waals surface area contributed by atoms with Crippen LogP contribution < -0.4 is 0 Å². The molecule has 0 amide bonds. The Balaban J connectivity index is 2.20. The van der Waals surface area contributed by atoms with E-state index in [4.69, 9.17) is 5.11 Å². The van der Waals surface area contributed by atoms with Crippen LogP contribution in [0, 0.1) is 0 Å². The van der Waals surface area contributed by atoms with Crippen LogP contribution in [-0.2, 0) is 4.79 Å². The van der Waals surface area contributed by atoms with Crippen LogP contribution in [-0.4, -0.2) is 21.8 Å². The first kappa shape index (κ1) is 10.8. The molecule has 1 unspecified atom stereocenters. The maximum atomic E-state index is 11.7. The molecule has 0 spiro atoms. The van der Waals surface area contributed by atoms with Crippen LogP contribution in [0.25, 0.3) is 0 Å². The summed E-state index contributed by atoms with van der Waals surface area (Å²) < 4.78 is 0. The molecule has 1 heterocycles. The van der Waals surface area contributed by atoms with Crippen molar-refractivity contribution in [3.8, 4) is 0 Å². The Labute approximate surface area is 93.3 Å². The van der Waals surface area contributed by atoms with Gasteiger partial charge in [0.15, 0.2) is 0 Å². The number of carboxylic acid groups (broad SMARTS) is 1. The molecule has 0 radical (unpaired) electrons. The molecule has 1 saturated carbocycles. The van der Waals surface area contributed by atoms with E-state index in [1.54, 1.807) is 6.07 Å². The summed E-state index contributed by atoms with van der Waals surface area (Å²) in [6.45, 7) is 0. The number of carbonyl (C=O) groups excluding carboxylic acids is 1. The van der Waals surface area contributed by atoms with Gasteiger partial charge < -0.3 is 5.11 Å². The maximum Gasteiger partial charge on any atom is 0.337 e. The Hall–Kier alpha value is -1.71. The fourth-order valence-corrected chi connectivity index (χ4v) is 2.03. The predicted molar refractivity (Wildman–Crippen MR) is 57.4 cm³/mol. The molecule has 1 aromatic heterocycles. The normalized spacial score (nSPS) is 20.8. The number of carboxylic acids is 1. The van der Waals surface area contributed by atoms with E-state index in [9.17, 15) is 9.59 Å².